The van der Waals surface area contributed by atoms with Gasteiger partial charge in [-0.25, -0.2) is 0 Å². The van der Waals surface area contributed by atoms with Crippen LogP contribution in [0.5, 0.6) is 0 Å². The van der Waals surface area contributed by atoms with Crippen LogP contribution in [0.3, 0.4) is 0 Å². The van der Waals surface area contributed by atoms with E-state index < -0.39 is 17.3 Å². The number of hydrogen-bond acceptors (Lipinski definition) is 4. The molecular weight excluding hydrogens is 305 g/mol. The van der Waals surface area contributed by atoms with Gasteiger partial charge in [0.25, 0.3) is 5.56 Å². The largest absolute Gasteiger partial charge is 0.417 e. The summed E-state index contributed by atoms with van der Waals surface area (Å²) in [7, 11) is 0. The lowest BCUT2D eigenvalue weighted by Crippen LogP contribution is -2.53. The van der Waals surface area contributed by atoms with Gasteiger partial charge in [0, 0.05) is 17.7 Å². The van der Waals surface area contributed by atoms with Crippen LogP contribution in [0.1, 0.15) is 24.4 Å². The minimum Gasteiger partial charge on any atom is -0.380 e. The minimum atomic E-state index is -4.54. The van der Waals surface area contributed by atoms with Crippen molar-refractivity contribution < 1.29 is 17.9 Å². The zero-order valence-corrected chi connectivity index (χ0v) is 11.6. The Kier molecular flexibility index (Phi) is 3.27. The number of aliphatic imine (C=N–C) groups is 1. The summed E-state index contributed by atoms with van der Waals surface area (Å²) in [6.07, 6.45) is -2.38. The predicted molar refractivity (Wildman–Crippen MR) is 71.9 cm³/mol. The van der Waals surface area contributed by atoms with E-state index in [0.29, 0.717) is 32.1 Å². The van der Waals surface area contributed by atoms with E-state index >= 15 is 0 Å². The normalized spacial score (nSPS) is 20.5. The molecule has 0 amide bonds. The molecule has 112 valence electrons. The highest BCUT2D eigenvalue weighted by Crippen LogP contribution is 2.52. The van der Waals surface area contributed by atoms with Crippen molar-refractivity contribution in [3.05, 3.63) is 28.2 Å². The second kappa shape index (κ2) is 4.76. The zero-order valence-electron chi connectivity index (χ0n) is 10.8. The summed E-state index contributed by atoms with van der Waals surface area (Å²) in [6.45, 7) is 1.23. The number of thiocarbonyl (C=S) groups is 1. The van der Waals surface area contributed by atoms with Gasteiger partial charge in [-0.15, -0.1) is 0 Å². The third kappa shape index (κ3) is 2.43. The molecule has 8 heteroatoms. The summed E-state index contributed by atoms with van der Waals surface area (Å²) in [6, 6.07) is 0.460. The minimum absolute atomic E-state index is 0.0475. The molecule has 0 bridgehead atoms. The molecule has 4 nitrogen and oxygen atoms in total. The van der Waals surface area contributed by atoms with E-state index in [1.807, 2.05) is 5.16 Å². The van der Waals surface area contributed by atoms with Gasteiger partial charge in [0.1, 0.15) is 5.69 Å². The fourth-order valence-corrected chi connectivity index (χ4v) is 3.00. The first-order chi connectivity index (χ1) is 9.85. The molecule has 0 unspecified atom stereocenters. The Balaban J connectivity index is 2.00. The number of rotatable bonds is 2. The molecule has 0 atom stereocenters. The van der Waals surface area contributed by atoms with Crippen molar-refractivity contribution in [2.45, 2.75) is 25.1 Å². The van der Waals surface area contributed by atoms with Crippen molar-refractivity contribution in [3.8, 4) is 0 Å². The number of pyridine rings is 1. The van der Waals surface area contributed by atoms with Crippen molar-refractivity contribution >= 4 is 23.1 Å². The Labute approximate surface area is 123 Å². The van der Waals surface area contributed by atoms with Gasteiger partial charge in [-0.2, -0.15) is 18.2 Å². The van der Waals surface area contributed by atoms with E-state index in [9.17, 15) is 18.0 Å². The molecule has 2 aliphatic rings. The lowest BCUT2D eigenvalue weighted by molar-refractivity contribution is -0.175. The zero-order chi connectivity index (χ0) is 15.3. The summed E-state index contributed by atoms with van der Waals surface area (Å²) >= 11 is 4.38. The molecule has 2 fully saturated rings. The summed E-state index contributed by atoms with van der Waals surface area (Å²) in [4.78, 5) is 15.6. The SMILES string of the molecule is O=c1c(N=C=S)cc(C(F)(F)F)cn1C1CC2(COC2)C1. The number of hydrogen-bond donors (Lipinski definition) is 0. The van der Waals surface area contributed by atoms with Gasteiger partial charge >= 0.3 is 6.18 Å². The second-order valence-electron chi connectivity index (χ2n) is 5.58. The van der Waals surface area contributed by atoms with Gasteiger partial charge in [-0.05, 0) is 31.1 Å². The van der Waals surface area contributed by atoms with E-state index in [4.69, 9.17) is 4.74 Å². The second-order valence-corrected chi connectivity index (χ2v) is 5.76. The standard InChI is InChI=1S/C13H11F3N2O2S/c14-13(15,16)8-1-10(17-7-21)11(19)18(4-8)9-2-12(3-9)5-20-6-12/h1,4,9H,2-3,5-6H2. The maximum atomic E-state index is 12.9. The molecule has 1 saturated heterocycles. The number of isothiocyanates is 1. The number of nitrogens with zero attached hydrogens (tertiary/aromatic N) is 2. The van der Waals surface area contributed by atoms with E-state index in [0.717, 1.165) is 10.8 Å². The summed E-state index contributed by atoms with van der Waals surface area (Å²) < 4.78 is 45.0. The van der Waals surface area contributed by atoms with Crippen LogP contribution in [-0.2, 0) is 10.9 Å². The van der Waals surface area contributed by atoms with Crippen molar-refractivity contribution in [1.82, 2.24) is 4.57 Å². The highest BCUT2D eigenvalue weighted by atomic mass is 32.1. The van der Waals surface area contributed by atoms with Gasteiger partial charge in [-0.3, -0.25) is 4.79 Å². The smallest absolute Gasteiger partial charge is 0.380 e. The fraction of sp³-hybridized carbons (Fsp3) is 0.538. The van der Waals surface area contributed by atoms with Gasteiger partial charge in [0.05, 0.1) is 23.9 Å². The Morgan fingerprint density at radius 2 is 2.10 bits per heavy atom. The topological polar surface area (TPSA) is 43.6 Å². The van der Waals surface area contributed by atoms with Crippen LogP contribution in [0.25, 0.3) is 0 Å². The van der Waals surface area contributed by atoms with Crippen LogP contribution in [-0.4, -0.2) is 22.9 Å². The average molecular weight is 316 g/mol. The molecule has 1 aromatic heterocycles. The third-order valence-electron chi connectivity index (χ3n) is 4.06. The first-order valence-electron chi connectivity index (χ1n) is 6.34. The Morgan fingerprint density at radius 1 is 1.43 bits per heavy atom. The Bertz CT molecular complexity index is 680. The van der Waals surface area contributed by atoms with Crippen LogP contribution < -0.4 is 5.56 Å². The Morgan fingerprint density at radius 3 is 2.57 bits per heavy atom. The van der Waals surface area contributed by atoms with Gasteiger partial charge < -0.3 is 9.30 Å². The van der Waals surface area contributed by atoms with Crippen LogP contribution in [0.15, 0.2) is 22.1 Å². The summed E-state index contributed by atoms with van der Waals surface area (Å²) in [5.41, 5.74) is -1.76. The molecule has 1 aliphatic heterocycles. The third-order valence-corrected chi connectivity index (χ3v) is 4.16. The van der Waals surface area contributed by atoms with Crippen LogP contribution in [0.4, 0.5) is 18.9 Å². The molecule has 0 radical (unpaired) electrons. The molecule has 3 rings (SSSR count). The molecule has 2 heterocycles. The molecule has 0 aromatic carbocycles. The lowest BCUT2D eigenvalue weighted by atomic mass is 9.64. The molecule has 1 saturated carbocycles. The predicted octanol–water partition coefficient (Wildman–Crippen LogP) is 2.95. The maximum absolute atomic E-state index is 12.9. The quantitative estimate of drug-likeness (QED) is 0.622. The van der Waals surface area contributed by atoms with Crippen molar-refractivity contribution in [2.75, 3.05) is 13.2 Å². The van der Waals surface area contributed by atoms with Crippen LogP contribution >= 0.6 is 12.2 Å². The highest BCUT2D eigenvalue weighted by Gasteiger charge is 2.51. The fourth-order valence-electron chi connectivity index (χ4n) is 2.91. The lowest BCUT2D eigenvalue weighted by Gasteiger charge is -2.53. The molecular formula is C13H11F3N2O2S. The first kappa shape index (κ1) is 14.4. The van der Waals surface area contributed by atoms with Crippen LogP contribution in [0.2, 0.25) is 0 Å². The number of ether oxygens (including phenoxy) is 1. The van der Waals surface area contributed by atoms with Crippen LogP contribution in [0, 0.1) is 5.41 Å². The molecule has 0 N–H and O–H groups in total. The first-order valence-corrected chi connectivity index (χ1v) is 6.74. The van der Waals surface area contributed by atoms with Crippen molar-refractivity contribution in [1.29, 1.82) is 0 Å². The summed E-state index contributed by atoms with van der Waals surface area (Å²) in [5, 5.41) is 1.95. The maximum Gasteiger partial charge on any atom is 0.417 e. The number of halogens is 3. The van der Waals surface area contributed by atoms with Crippen molar-refractivity contribution in [3.63, 3.8) is 0 Å². The molecule has 1 aliphatic carbocycles. The molecule has 21 heavy (non-hydrogen) atoms. The van der Waals surface area contributed by atoms with E-state index in [1.54, 1.807) is 0 Å². The van der Waals surface area contributed by atoms with Gasteiger partial charge in [0.15, 0.2) is 0 Å². The monoisotopic (exact) mass is 316 g/mol. The highest BCUT2D eigenvalue weighted by molar-refractivity contribution is 7.78. The van der Waals surface area contributed by atoms with Crippen molar-refractivity contribution in [2.24, 2.45) is 10.4 Å². The van der Waals surface area contributed by atoms with E-state index in [-0.39, 0.29) is 17.1 Å². The molecule has 1 aromatic rings. The number of aromatic nitrogens is 1. The average Bonchev–Trinajstić information content (AvgIpc) is 2.28. The summed E-state index contributed by atoms with van der Waals surface area (Å²) in [5.74, 6) is 0. The van der Waals surface area contributed by atoms with E-state index in [1.165, 1.54) is 0 Å². The Hall–Kier alpha value is -1.50. The number of alkyl halides is 3. The van der Waals surface area contributed by atoms with Gasteiger partial charge in [0.2, 0.25) is 0 Å². The molecule has 1 spiro atoms. The van der Waals surface area contributed by atoms with Gasteiger partial charge in [-0.1, -0.05) is 0 Å². The van der Waals surface area contributed by atoms with E-state index in [2.05, 4.69) is 17.2 Å².